The number of carbonyl (C=O) groups excluding carboxylic acids is 2. The molecule has 0 spiro atoms. The summed E-state index contributed by atoms with van der Waals surface area (Å²) in [6.07, 6.45) is 9.87. The minimum Gasteiger partial charge on any atom is -0.404 e. The molecule has 5 rings (SSSR count). The lowest BCUT2D eigenvalue weighted by atomic mass is 10.1. The third-order valence-corrected chi connectivity index (χ3v) is 7.94. The molecule has 1 atom stereocenters. The zero-order valence-corrected chi connectivity index (χ0v) is 23.1. The molecule has 2 amide bonds. The van der Waals surface area contributed by atoms with Gasteiger partial charge in [-0.25, -0.2) is 9.37 Å². The summed E-state index contributed by atoms with van der Waals surface area (Å²) < 4.78 is 15.3. The predicted molar refractivity (Wildman–Crippen MR) is 163 cm³/mol. The number of dihydropyridines is 1. The van der Waals surface area contributed by atoms with Crippen LogP contribution < -0.4 is 16.0 Å². The van der Waals surface area contributed by atoms with Gasteiger partial charge < -0.3 is 20.6 Å². The molecule has 3 heterocycles. The number of carbonyl (C=O) groups is 2. The molecule has 4 aromatic rings. The van der Waals surface area contributed by atoms with E-state index in [0.29, 0.717) is 44.6 Å². The first kappa shape index (κ1) is 27.7. The van der Waals surface area contributed by atoms with Crippen molar-refractivity contribution in [3.8, 4) is 0 Å². The molecule has 0 fully saturated rings. The Balaban J connectivity index is 1.45. The van der Waals surface area contributed by atoms with E-state index in [4.69, 9.17) is 16.1 Å². The maximum atomic E-state index is 13.3. The highest BCUT2D eigenvalue weighted by Crippen LogP contribution is 2.28. The second-order valence-electron chi connectivity index (χ2n) is 9.42. The van der Waals surface area contributed by atoms with E-state index in [2.05, 4.69) is 16.4 Å². The van der Waals surface area contributed by atoms with Crippen LogP contribution in [0.25, 0.3) is 16.6 Å². The minimum absolute atomic E-state index is 0.127. The lowest BCUT2D eigenvalue weighted by Gasteiger charge is -2.18. The number of hydrogen-bond acceptors (Lipinski definition) is 7. The van der Waals surface area contributed by atoms with E-state index in [1.165, 1.54) is 46.7 Å². The van der Waals surface area contributed by atoms with Crippen LogP contribution in [0, 0.1) is 11.2 Å². The van der Waals surface area contributed by atoms with E-state index < -0.39 is 5.82 Å². The van der Waals surface area contributed by atoms with Crippen molar-refractivity contribution < 1.29 is 14.0 Å². The molecule has 1 unspecified atom stereocenters. The van der Waals surface area contributed by atoms with Gasteiger partial charge >= 0.3 is 0 Å². The van der Waals surface area contributed by atoms with Gasteiger partial charge in [-0.2, -0.15) is 0 Å². The number of allylic oxidation sites excluding steroid dienone is 2. The van der Waals surface area contributed by atoms with E-state index in [9.17, 15) is 14.0 Å². The number of hydrogen-bond donors (Lipinski definition) is 3. The number of nitrogens with zero attached hydrogens (tertiary/aromatic N) is 4. The van der Waals surface area contributed by atoms with Gasteiger partial charge in [0.05, 0.1) is 22.0 Å². The minimum atomic E-state index is -0.412. The van der Waals surface area contributed by atoms with Gasteiger partial charge in [-0.1, -0.05) is 6.08 Å². The van der Waals surface area contributed by atoms with E-state index in [0.717, 1.165) is 24.6 Å². The van der Waals surface area contributed by atoms with Crippen LogP contribution in [0.15, 0.2) is 77.9 Å². The molecule has 2 aromatic carbocycles. The Morgan fingerprint density at radius 3 is 2.68 bits per heavy atom. The van der Waals surface area contributed by atoms with Crippen molar-refractivity contribution >= 4 is 63.8 Å². The lowest BCUT2D eigenvalue weighted by molar-refractivity contribution is 0.0991. The molecular formula is C30H28FN7O2S. The first-order valence-electron chi connectivity index (χ1n) is 12.9. The monoisotopic (exact) mass is 569 g/mol. The van der Waals surface area contributed by atoms with Gasteiger partial charge in [0.2, 0.25) is 5.95 Å². The Labute approximate surface area is 240 Å². The van der Waals surface area contributed by atoms with Gasteiger partial charge in [-0.05, 0) is 73.5 Å². The van der Waals surface area contributed by atoms with Gasteiger partial charge in [0, 0.05) is 53.9 Å². The van der Waals surface area contributed by atoms with Crippen LogP contribution in [0.3, 0.4) is 0 Å². The summed E-state index contributed by atoms with van der Waals surface area (Å²) in [4.78, 5) is 38.2. The van der Waals surface area contributed by atoms with E-state index >= 15 is 0 Å². The number of fused-ring (bicyclic) bond motifs is 1. The van der Waals surface area contributed by atoms with Gasteiger partial charge in [0.15, 0.2) is 0 Å². The molecule has 1 aliphatic rings. The maximum absolute atomic E-state index is 13.3. The number of aromatic nitrogens is 2. The number of benzene rings is 2. The van der Waals surface area contributed by atoms with Crippen molar-refractivity contribution in [2.45, 2.75) is 25.4 Å². The first-order chi connectivity index (χ1) is 19.9. The molecule has 0 saturated carbocycles. The van der Waals surface area contributed by atoms with Gasteiger partial charge in [-0.15, -0.1) is 11.3 Å². The predicted octanol–water partition coefficient (Wildman–Crippen LogP) is 5.50. The van der Waals surface area contributed by atoms with E-state index in [1.54, 1.807) is 31.5 Å². The Bertz CT molecular complexity index is 1700. The quantitative estimate of drug-likeness (QED) is 0.230. The molecule has 1 aliphatic heterocycles. The second kappa shape index (κ2) is 12.1. The number of nitrogens with two attached hydrogens (primary N) is 1. The maximum Gasteiger partial charge on any atom is 0.268 e. The molecule has 41 heavy (non-hydrogen) atoms. The highest BCUT2D eigenvalue weighted by Gasteiger charge is 2.20. The highest BCUT2D eigenvalue weighted by atomic mass is 32.1. The average molecular weight is 570 g/mol. The number of amides is 2. The van der Waals surface area contributed by atoms with Crippen LogP contribution in [-0.4, -0.2) is 46.9 Å². The van der Waals surface area contributed by atoms with Gasteiger partial charge in [0.1, 0.15) is 5.82 Å². The molecule has 0 bridgehead atoms. The van der Waals surface area contributed by atoms with E-state index in [1.807, 2.05) is 22.8 Å². The fraction of sp³-hybridized carbons (Fsp3) is 0.167. The first-order valence-corrected chi connectivity index (χ1v) is 13.8. The molecule has 11 heteroatoms. The molecule has 0 radical (unpaired) electrons. The Hall–Kier alpha value is -4.90. The topological polar surface area (TPSA) is 129 Å². The van der Waals surface area contributed by atoms with Crippen molar-refractivity contribution in [2.75, 3.05) is 17.3 Å². The molecule has 0 saturated heterocycles. The lowest BCUT2D eigenvalue weighted by Crippen LogP contribution is -2.26. The molecule has 9 nitrogen and oxygen atoms in total. The Morgan fingerprint density at radius 2 is 1.98 bits per heavy atom. The SMILES string of the molecule is CN(C(=O)c1ccc(F)cc1)c1ccc2c(c1)nc(NC(=O)c1ccc(/C(C=N)=C/N)s1)n2CCC1CC=CC=N1. The normalized spacial score (nSPS) is 14.8. The smallest absolute Gasteiger partial charge is 0.268 e. The zero-order valence-electron chi connectivity index (χ0n) is 22.3. The fourth-order valence-electron chi connectivity index (χ4n) is 4.53. The zero-order chi connectivity index (χ0) is 28.9. The van der Waals surface area contributed by atoms with Crippen molar-refractivity contribution in [1.82, 2.24) is 9.55 Å². The summed E-state index contributed by atoms with van der Waals surface area (Å²) in [6, 6.07) is 14.4. The van der Waals surface area contributed by atoms with Crippen LogP contribution >= 0.6 is 11.3 Å². The summed E-state index contributed by atoms with van der Waals surface area (Å²) in [6.45, 7) is 0.565. The van der Waals surface area contributed by atoms with Crippen molar-refractivity contribution in [3.63, 3.8) is 0 Å². The molecule has 4 N–H and O–H groups in total. The Kier molecular flexibility index (Phi) is 8.16. The average Bonchev–Trinajstić information content (AvgIpc) is 3.61. The van der Waals surface area contributed by atoms with Gasteiger partial charge in [0.25, 0.3) is 11.8 Å². The number of aliphatic imine (C=N–C) groups is 1. The summed E-state index contributed by atoms with van der Waals surface area (Å²) in [5.41, 5.74) is 8.49. The van der Waals surface area contributed by atoms with Crippen molar-refractivity contribution in [3.05, 3.63) is 94.1 Å². The summed E-state index contributed by atoms with van der Waals surface area (Å²) in [5, 5.41) is 10.5. The summed E-state index contributed by atoms with van der Waals surface area (Å²) in [5.74, 6) is -0.654. The number of aryl methyl sites for hydroxylation is 1. The number of anilines is 2. The second-order valence-corrected chi connectivity index (χ2v) is 10.5. The number of rotatable bonds is 9. The molecule has 0 aliphatic carbocycles. The number of nitrogens with one attached hydrogen (secondary N) is 2. The largest absolute Gasteiger partial charge is 0.404 e. The Morgan fingerprint density at radius 1 is 1.20 bits per heavy atom. The van der Waals surface area contributed by atoms with Crippen molar-refractivity contribution in [1.29, 1.82) is 5.41 Å². The van der Waals surface area contributed by atoms with Crippen molar-refractivity contribution in [2.24, 2.45) is 10.7 Å². The summed E-state index contributed by atoms with van der Waals surface area (Å²) >= 11 is 1.23. The molecule has 2 aromatic heterocycles. The molecular weight excluding hydrogens is 541 g/mol. The fourth-order valence-corrected chi connectivity index (χ4v) is 5.43. The van der Waals surface area contributed by atoms with Crippen LogP contribution in [-0.2, 0) is 6.54 Å². The van der Waals surface area contributed by atoms with Crippen LogP contribution in [0.5, 0.6) is 0 Å². The van der Waals surface area contributed by atoms with Gasteiger partial charge in [-0.3, -0.25) is 19.9 Å². The molecule has 208 valence electrons. The highest BCUT2D eigenvalue weighted by molar-refractivity contribution is 7.15. The third kappa shape index (κ3) is 5.99. The third-order valence-electron chi connectivity index (χ3n) is 6.80. The number of halogens is 1. The van der Waals surface area contributed by atoms with Crippen LogP contribution in [0.2, 0.25) is 0 Å². The number of imidazole rings is 1. The van der Waals surface area contributed by atoms with Crippen LogP contribution in [0.1, 0.15) is 37.7 Å². The van der Waals surface area contributed by atoms with E-state index in [-0.39, 0.29) is 17.9 Å². The van der Waals surface area contributed by atoms with Crippen LogP contribution in [0.4, 0.5) is 16.0 Å². The summed E-state index contributed by atoms with van der Waals surface area (Å²) in [7, 11) is 1.65. The number of thiophene rings is 1. The standard InChI is InChI=1S/C30H28FN7O2S/c1-37(29(40)19-5-7-21(31)8-6-19)23-9-10-25-24(16-23)35-30(38(25)15-13-22-4-2-3-14-34-22)36-28(39)27-12-11-26(41-27)20(17-32)18-33/h2-3,5-12,14,16-18,22,32H,4,13,15,33H2,1H3,(H,35,36,39)/b20-18+,32-17?.